The summed E-state index contributed by atoms with van der Waals surface area (Å²) in [7, 11) is -3.47. The molecular formula is C54H18BF15O3. The molecule has 0 aliphatic carbocycles. The molecule has 12 aromatic rings. The molecule has 0 unspecified atom stereocenters. The molecule has 3 nitrogen and oxygen atoms in total. The van der Waals surface area contributed by atoms with E-state index in [2.05, 4.69) is 0 Å². The zero-order valence-electron chi connectivity index (χ0n) is 35.9. The third-order valence-electron chi connectivity index (χ3n) is 12.9. The average molecular weight is 1010 g/mol. The fourth-order valence-electron chi connectivity index (χ4n) is 9.57. The smallest absolute Gasteiger partial charge is 0.486 e. The molecular weight excluding hydrogens is 992 g/mol. The Hall–Kier alpha value is -8.61. The van der Waals surface area contributed by atoms with Gasteiger partial charge in [-0.1, -0.05) is 72.8 Å². The molecule has 12 aromatic carbocycles. The minimum atomic E-state index is -3.47. The predicted octanol–water partition coefficient (Wildman–Crippen LogP) is 16.7. The third kappa shape index (κ3) is 6.46. The van der Waals surface area contributed by atoms with Gasteiger partial charge >= 0.3 is 7.32 Å². The van der Waals surface area contributed by atoms with E-state index in [-0.39, 0.29) is 32.3 Å². The molecule has 0 aliphatic rings. The van der Waals surface area contributed by atoms with Gasteiger partial charge in [0.1, 0.15) is 0 Å². The quantitative estimate of drug-likeness (QED) is 0.0546. The van der Waals surface area contributed by atoms with Crippen molar-refractivity contribution in [1.82, 2.24) is 0 Å². The Morgan fingerprint density at radius 1 is 0.219 bits per heavy atom. The maximum Gasteiger partial charge on any atom is 0.864 e. The van der Waals surface area contributed by atoms with Crippen molar-refractivity contribution in [2.45, 2.75) is 0 Å². The molecule has 0 radical (unpaired) electrons. The zero-order valence-corrected chi connectivity index (χ0v) is 35.9. The van der Waals surface area contributed by atoms with Gasteiger partial charge in [0.05, 0.1) is 16.2 Å². The molecule has 0 atom stereocenters. The van der Waals surface area contributed by atoms with Crippen LogP contribution in [0.5, 0.6) is 17.2 Å². The van der Waals surface area contributed by atoms with Gasteiger partial charge in [-0.05, 0) is 84.9 Å². The molecule has 19 heteroatoms. The van der Waals surface area contributed by atoms with Gasteiger partial charge in [0.2, 0.25) is 17.5 Å². The van der Waals surface area contributed by atoms with Crippen molar-refractivity contribution in [2.24, 2.45) is 0 Å². The topological polar surface area (TPSA) is 27.7 Å². The van der Waals surface area contributed by atoms with Gasteiger partial charge in [-0.3, -0.25) is 0 Å². The van der Waals surface area contributed by atoms with E-state index in [1.54, 1.807) is 0 Å². The van der Waals surface area contributed by atoms with E-state index < -0.39 is 176 Å². The summed E-state index contributed by atoms with van der Waals surface area (Å²) >= 11 is 0. The van der Waals surface area contributed by atoms with Gasteiger partial charge in [-0.2, -0.15) is 13.2 Å². The number of hydrogen-bond donors (Lipinski definition) is 0. The largest absolute Gasteiger partial charge is 0.864 e. The van der Waals surface area contributed by atoms with Crippen molar-refractivity contribution < 1.29 is 79.8 Å². The Labute approximate surface area is 396 Å². The first-order valence-corrected chi connectivity index (χ1v) is 21.4. The number of halogens is 15. The lowest BCUT2D eigenvalue weighted by Crippen LogP contribution is -2.38. The molecule has 0 saturated carbocycles. The first-order valence-electron chi connectivity index (χ1n) is 21.4. The van der Waals surface area contributed by atoms with Gasteiger partial charge in [0.15, 0.2) is 87.1 Å². The van der Waals surface area contributed by atoms with Crippen molar-refractivity contribution in [1.29, 1.82) is 0 Å². The van der Waals surface area contributed by atoms with E-state index in [0.717, 1.165) is 36.4 Å². The van der Waals surface area contributed by atoms with Crippen molar-refractivity contribution in [3.8, 4) is 17.2 Å². The molecule has 0 heterocycles. The van der Waals surface area contributed by atoms with Gasteiger partial charge in [0.25, 0.3) is 0 Å². The van der Waals surface area contributed by atoms with Crippen molar-refractivity contribution in [2.75, 3.05) is 0 Å². The van der Waals surface area contributed by atoms with E-state index in [1.165, 1.54) is 72.8 Å². The van der Waals surface area contributed by atoms with E-state index in [9.17, 15) is 0 Å². The van der Waals surface area contributed by atoms with E-state index >= 15 is 65.9 Å². The van der Waals surface area contributed by atoms with Crippen molar-refractivity contribution in [3.05, 3.63) is 196 Å². The summed E-state index contributed by atoms with van der Waals surface area (Å²) in [5.41, 5.74) is 0. The SMILES string of the molecule is Fc1c(F)c(OB(Oc2c(F)c(F)c(F)c3c(F)c(F)c4cc5ccccc5cc4c23)Oc2c(F)c(F)c(F)c3c(F)c(F)c4cc5ccccc5cc4c23)c2c(c1F)c(F)c(F)c1cc3ccccc3cc12. The van der Waals surface area contributed by atoms with E-state index in [1.807, 2.05) is 0 Å². The lowest BCUT2D eigenvalue weighted by molar-refractivity contribution is 0.283. The van der Waals surface area contributed by atoms with Crippen LogP contribution >= 0.6 is 0 Å². The monoisotopic (exact) mass is 1010 g/mol. The van der Waals surface area contributed by atoms with Crippen LogP contribution in [-0.2, 0) is 0 Å². The van der Waals surface area contributed by atoms with Crippen molar-refractivity contribution in [3.63, 3.8) is 0 Å². The summed E-state index contributed by atoms with van der Waals surface area (Å²) < 4.78 is 259. The lowest BCUT2D eigenvalue weighted by Gasteiger charge is -2.23. The van der Waals surface area contributed by atoms with Crippen LogP contribution in [0.2, 0.25) is 0 Å². The van der Waals surface area contributed by atoms with Crippen LogP contribution in [0, 0.1) is 87.3 Å². The molecule has 0 spiro atoms. The van der Waals surface area contributed by atoms with Crippen LogP contribution in [-0.4, -0.2) is 7.32 Å². The molecule has 73 heavy (non-hydrogen) atoms. The van der Waals surface area contributed by atoms with Crippen molar-refractivity contribution >= 4 is 104 Å². The van der Waals surface area contributed by atoms with Crippen LogP contribution in [0.4, 0.5) is 65.9 Å². The molecule has 0 aliphatic heterocycles. The molecule has 0 fully saturated rings. The summed E-state index contributed by atoms with van der Waals surface area (Å²) in [6, 6.07) is 23.6. The van der Waals surface area contributed by atoms with Crippen LogP contribution in [0.1, 0.15) is 0 Å². The number of benzene rings is 12. The minimum Gasteiger partial charge on any atom is -0.486 e. The predicted molar refractivity (Wildman–Crippen MR) is 244 cm³/mol. The highest BCUT2D eigenvalue weighted by atomic mass is 19.2. The Balaban J connectivity index is 1.21. The second-order valence-electron chi connectivity index (χ2n) is 16.8. The molecule has 0 amide bonds. The molecule has 12 rings (SSSR count). The fourth-order valence-corrected chi connectivity index (χ4v) is 9.57. The molecule has 0 N–H and O–H groups in total. The molecule has 360 valence electrons. The number of fused-ring (bicyclic) bond motifs is 12. The highest BCUT2D eigenvalue weighted by molar-refractivity contribution is 6.41. The molecule has 0 aromatic heterocycles. The summed E-state index contributed by atoms with van der Waals surface area (Å²) in [6.45, 7) is 0. The number of rotatable bonds is 6. The second kappa shape index (κ2) is 16.2. The first kappa shape index (κ1) is 45.5. The maximum absolute atomic E-state index is 16.7. The molecule has 0 saturated heterocycles. The Bertz CT molecular complexity index is 4060. The number of hydrogen-bond acceptors (Lipinski definition) is 3. The van der Waals surface area contributed by atoms with Gasteiger partial charge < -0.3 is 14.0 Å². The first-order chi connectivity index (χ1) is 35.0. The third-order valence-corrected chi connectivity index (χ3v) is 12.9. The Kier molecular flexibility index (Phi) is 10.1. The van der Waals surface area contributed by atoms with Gasteiger partial charge in [-0.15, -0.1) is 0 Å². The standard InChI is InChI=1S/C54H18BF15O3/c56-37-28-16-22-10-4-1-7-19(22)13-25(28)31-34(40(37)59)43(62)46(65)49(68)52(31)71-55(72-53-32-26-14-20-8-2-5-11-23(20)17-29(26)38(57)41(60)35(32)44(63)47(66)50(53)69)73-54-33-27-15-21-9-3-6-12-24(21)18-30(27)39(58)42(61)36(33)45(64)48(67)51(54)70/h1-18H. The highest BCUT2D eigenvalue weighted by Gasteiger charge is 2.42. The summed E-state index contributed by atoms with van der Waals surface area (Å²) in [6.07, 6.45) is 0. The van der Waals surface area contributed by atoms with Crippen LogP contribution in [0.25, 0.3) is 97.0 Å². The van der Waals surface area contributed by atoms with Gasteiger partial charge in [0, 0.05) is 32.3 Å². The zero-order chi connectivity index (χ0) is 51.2. The van der Waals surface area contributed by atoms with Gasteiger partial charge in [-0.25, -0.2) is 52.7 Å². The highest BCUT2D eigenvalue weighted by Crippen LogP contribution is 2.48. The van der Waals surface area contributed by atoms with Crippen LogP contribution < -0.4 is 14.0 Å². The maximum atomic E-state index is 16.7. The molecule has 0 bridgehead atoms. The summed E-state index contributed by atoms with van der Waals surface area (Å²) in [5, 5.41) is -11.6. The van der Waals surface area contributed by atoms with Crippen LogP contribution in [0.3, 0.4) is 0 Å². The summed E-state index contributed by atoms with van der Waals surface area (Å²) in [4.78, 5) is 0. The Morgan fingerprint density at radius 2 is 0.425 bits per heavy atom. The Morgan fingerprint density at radius 3 is 0.658 bits per heavy atom. The minimum absolute atomic E-state index is 0.176. The normalized spacial score (nSPS) is 12.0. The lowest BCUT2D eigenvalue weighted by atomic mass is 9.95. The fraction of sp³-hybridized carbons (Fsp3) is 0. The summed E-state index contributed by atoms with van der Waals surface area (Å²) in [5.74, 6) is -39.3. The second-order valence-corrected chi connectivity index (χ2v) is 16.8. The van der Waals surface area contributed by atoms with Crippen LogP contribution in [0.15, 0.2) is 109 Å². The van der Waals surface area contributed by atoms with E-state index in [0.29, 0.717) is 0 Å². The van der Waals surface area contributed by atoms with E-state index in [4.69, 9.17) is 14.0 Å². The average Bonchev–Trinajstić information content (AvgIpc) is 3.39.